The Balaban J connectivity index is -0.000000475. The fraction of sp³-hybridized carbons (Fsp3) is 0.962. The van der Waals surface area contributed by atoms with Crippen LogP contribution in [0.1, 0.15) is 620 Å². The molecule has 700 valence electrons. The van der Waals surface area contributed by atoms with Crippen molar-refractivity contribution in [1.82, 2.24) is 0 Å². The third-order valence-corrected chi connectivity index (χ3v) is 25.1. The zero-order valence-corrected chi connectivity index (χ0v) is 83.7. The summed E-state index contributed by atoms with van der Waals surface area (Å²) in [4.78, 5) is 45.6. The van der Waals surface area contributed by atoms with Crippen LogP contribution in [0.2, 0.25) is 0 Å². The summed E-state index contributed by atoms with van der Waals surface area (Å²) in [5, 5.41) is 87.2. The van der Waals surface area contributed by atoms with Gasteiger partial charge >= 0.3 is 0 Å². The van der Waals surface area contributed by atoms with Gasteiger partial charge in [0.25, 0.3) is 0 Å². The Labute approximate surface area is 749 Å². The molecule has 4 unspecified atom stereocenters. The minimum absolute atomic E-state index is 0. The summed E-state index contributed by atoms with van der Waals surface area (Å²) in [6.45, 7) is 17.8. The maximum absolute atomic E-state index is 11.4. The van der Waals surface area contributed by atoms with E-state index in [4.69, 9.17) is 0 Å². The van der Waals surface area contributed by atoms with Crippen molar-refractivity contribution in [2.45, 2.75) is 643 Å². The summed E-state index contributed by atoms with van der Waals surface area (Å²) >= 11 is 0. The molecular formula is C104H204O12Pb-4. The third-order valence-electron chi connectivity index (χ3n) is 25.1. The fourth-order valence-electron chi connectivity index (χ4n) is 16.6. The summed E-state index contributed by atoms with van der Waals surface area (Å²) in [5.41, 5.74) is -6.44. The minimum Gasteiger partial charge on any atom is -0.547 e. The van der Waals surface area contributed by atoms with Gasteiger partial charge in [0.05, 0.1) is 23.9 Å². The van der Waals surface area contributed by atoms with E-state index in [1.165, 1.54) is 360 Å². The number of hydrogen-bond donors (Lipinski definition) is 4. The number of carbonyl (C=O) groups is 4. The molecule has 0 heterocycles. The summed E-state index contributed by atoms with van der Waals surface area (Å²) in [7, 11) is 0. The summed E-state index contributed by atoms with van der Waals surface area (Å²) in [5.74, 6) is -5.11. The Morgan fingerprint density at radius 3 is 0.265 bits per heavy atom. The Morgan fingerprint density at radius 2 is 0.205 bits per heavy atom. The van der Waals surface area contributed by atoms with E-state index in [0.717, 1.165) is 154 Å². The molecule has 0 amide bonds. The van der Waals surface area contributed by atoms with Gasteiger partial charge < -0.3 is 60.0 Å². The standard InChI is InChI=1S/4C26H52O3.Pb/c4*1-3-5-7-9-11-12-13-14-15-16-17-18-20-22-24-26(29,25(27)28)23-21-19-10-8-6-4-2;/h4*29H,3-24H2,1-2H3,(H,27,28);/p-4. The van der Waals surface area contributed by atoms with Crippen molar-refractivity contribution in [3.63, 3.8) is 0 Å². The van der Waals surface area contributed by atoms with Crippen LogP contribution in [0, 0.1) is 0 Å². The van der Waals surface area contributed by atoms with Crippen LogP contribution in [0.3, 0.4) is 0 Å². The quantitative estimate of drug-likeness (QED) is 0.0328. The number of aliphatic carboxylic acids is 4. The van der Waals surface area contributed by atoms with E-state index in [-0.39, 0.29) is 27.3 Å². The zero-order valence-electron chi connectivity index (χ0n) is 79.8. The van der Waals surface area contributed by atoms with Crippen molar-refractivity contribution in [3.8, 4) is 0 Å². The molecule has 0 aliphatic rings. The van der Waals surface area contributed by atoms with Crippen LogP contribution in [0.15, 0.2) is 0 Å². The number of hydrogen-bond acceptors (Lipinski definition) is 12. The summed E-state index contributed by atoms with van der Waals surface area (Å²) < 4.78 is 0. The molecule has 4 atom stereocenters. The maximum atomic E-state index is 11.4. The van der Waals surface area contributed by atoms with Gasteiger partial charge in [0.1, 0.15) is 22.4 Å². The normalized spacial score (nSPS) is 13.4. The van der Waals surface area contributed by atoms with E-state index in [9.17, 15) is 60.0 Å². The first kappa shape index (κ1) is 124. The van der Waals surface area contributed by atoms with Gasteiger partial charge in [-0.2, -0.15) is 0 Å². The maximum Gasteiger partial charge on any atom is 0.104 e. The number of rotatable bonds is 92. The van der Waals surface area contributed by atoms with Crippen molar-refractivity contribution in [2.24, 2.45) is 0 Å². The molecule has 0 rings (SSSR count). The van der Waals surface area contributed by atoms with E-state index < -0.39 is 46.3 Å². The van der Waals surface area contributed by atoms with Gasteiger partial charge in [0.15, 0.2) is 0 Å². The van der Waals surface area contributed by atoms with Crippen LogP contribution in [-0.4, -0.2) is 94.0 Å². The van der Waals surface area contributed by atoms with Crippen molar-refractivity contribution in [2.75, 3.05) is 0 Å². The molecule has 0 aromatic heterocycles. The molecule has 0 bridgehead atoms. The van der Waals surface area contributed by atoms with E-state index in [1.807, 2.05) is 0 Å². The number of aliphatic hydroxyl groups is 4. The van der Waals surface area contributed by atoms with Gasteiger partial charge in [-0.3, -0.25) is 0 Å². The number of carbonyl (C=O) groups excluding carboxylic acids is 4. The third kappa shape index (κ3) is 90.7. The molecule has 0 aliphatic heterocycles. The van der Waals surface area contributed by atoms with E-state index >= 15 is 0 Å². The van der Waals surface area contributed by atoms with Crippen molar-refractivity contribution in [3.05, 3.63) is 0 Å². The number of carboxylic acids is 4. The second-order valence-corrected chi connectivity index (χ2v) is 36.7. The average molecular weight is 1850 g/mol. The van der Waals surface area contributed by atoms with Gasteiger partial charge in [-0.15, -0.1) is 0 Å². The monoisotopic (exact) mass is 1850 g/mol. The second-order valence-electron chi connectivity index (χ2n) is 36.7. The molecule has 0 saturated carbocycles. The SMILES string of the molecule is CCCCCCCCCCCCCCCCC(O)(CCCCCCCC)C(=O)[O-].CCCCCCCCCCCCCCCCC(O)(CCCCCCCC)C(=O)[O-].CCCCCCCCCCCCCCCCC(O)(CCCCCCCC)C(=O)[O-].CCCCCCCCCCCCCCCCC(O)(CCCCCCCC)C(=O)[O-].[Pb]. The Morgan fingerprint density at radius 1 is 0.145 bits per heavy atom. The molecule has 117 heavy (non-hydrogen) atoms. The topological polar surface area (TPSA) is 241 Å². The molecule has 0 aromatic rings. The predicted octanol–water partition coefficient (Wildman–Crippen LogP) is 28.0. The summed E-state index contributed by atoms with van der Waals surface area (Å²) in [6.07, 6.45) is 101. The smallest absolute Gasteiger partial charge is 0.104 e. The van der Waals surface area contributed by atoms with Gasteiger partial charge in [-0.05, 0) is 51.4 Å². The molecule has 0 spiro atoms. The van der Waals surface area contributed by atoms with Gasteiger partial charge in [0.2, 0.25) is 0 Å². The number of carboxylic acid groups (broad SMARTS) is 4. The molecule has 4 radical (unpaired) electrons. The Kier molecular flexibility index (Phi) is 104. The first-order valence-corrected chi connectivity index (χ1v) is 52.0. The molecule has 13 heteroatoms. The van der Waals surface area contributed by atoms with Crippen molar-refractivity contribution in [1.29, 1.82) is 0 Å². The van der Waals surface area contributed by atoms with Crippen molar-refractivity contribution < 1.29 is 60.0 Å². The zero-order chi connectivity index (χ0) is 86.5. The van der Waals surface area contributed by atoms with Crippen LogP contribution in [0.5, 0.6) is 0 Å². The van der Waals surface area contributed by atoms with Crippen LogP contribution in [-0.2, 0) is 19.2 Å². The van der Waals surface area contributed by atoms with Gasteiger partial charge in [0, 0.05) is 27.3 Å². The minimum atomic E-state index is -1.61. The van der Waals surface area contributed by atoms with E-state index in [2.05, 4.69) is 55.4 Å². The summed E-state index contributed by atoms with van der Waals surface area (Å²) in [6, 6.07) is 0. The van der Waals surface area contributed by atoms with E-state index in [0.29, 0.717) is 51.4 Å². The molecule has 4 N–H and O–H groups in total. The van der Waals surface area contributed by atoms with Gasteiger partial charge in [-0.25, -0.2) is 0 Å². The van der Waals surface area contributed by atoms with Crippen LogP contribution in [0.25, 0.3) is 0 Å². The van der Waals surface area contributed by atoms with Gasteiger partial charge in [-0.1, -0.05) is 569 Å². The molecule has 0 saturated heterocycles. The largest absolute Gasteiger partial charge is 0.547 e. The first-order chi connectivity index (χ1) is 56.3. The molecule has 0 fully saturated rings. The first-order valence-electron chi connectivity index (χ1n) is 52.0. The predicted molar refractivity (Wildman–Crippen MR) is 497 cm³/mol. The molecular weight excluding hydrogens is 1650 g/mol. The number of unbranched alkanes of at least 4 members (excludes halogenated alkanes) is 72. The second kappa shape index (κ2) is 98.4. The van der Waals surface area contributed by atoms with Crippen LogP contribution < -0.4 is 20.4 Å². The van der Waals surface area contributed by atoms with Crippen molar-refractivity contribution >= 4 is 51.2 Å². The molecule has 12 nitrogen and oxygen atoms in total. The average Bonchev–Trinajstić information content (AvgIpc) is 0.897. The molecule has 0 aromatic carbocycles. The molecule has 0 aliphatic carbocycles. The Bertz CT molecular complexity index is 1700. The van der Waals surface area contributed by atoms with E-state index in [1.54, 1.807) is 0 Å². The fourth-order valence-corrected chi connectivity index (χ4v) is 16.6. The Hall–Kier alpha value is -1.36. The van der Waals surface area contributed by atoms with Crippen LogP contribution >= 0.6 is 0 Å². The van der Waals surface area contributed by atoms with Crippen LogP contribution in [0.4, 0.5) is 0 Å².